The number of anilines is 1. The monoisotopic (exact) mass is 341 g/mol. The van der Waals surface area contributed by atoms with Crippen molar-refractivity contribution in [2.75, 3.05) is 44.3 Å². The average molecular weight is 341 g/mol. The van der Waals surface area contributed by atoms with Crippen molar-refractivity contribution in [1.29, 1.82) is 0 Å². The summed E-state index contributed by atoms with van der Waals surface area (Å²) in [6, 6.07) is 4.17. The zero-order valence-corrected chi connectivity index (χ0v) is 15.0. The van der Waals surface area contributed by atoms with Crippen LogP contribution in [0, 0.1) is 5.41 Å². The lowest BCUT2D eigenvalue weighted by Crippen LogP contribution is -2.47. The first-order chi connectivity index (χ1) is 12.2. The van der Waals surface area contributed by atoms with Gasteiger partial charge < -0.3 is 14.2 Å². The van der Waals surface area contributed by atoms with E-state index in [0.717, 1.165) is 45.9 Å². The molecule has 0 unspecified atom stereocenters. The number of hydrogen-bond acceptors (Lipinski definition) is 5. The molecule has 0 atom stereocenters. The maximum Gasteiger partial charge on any atom is 0.0945 e. The smallest absolute Gasteiger partial charge is 0.0945 e. The summed E-state index contributed by atoms with van der Waals surface area (Å²) in [5.41, 5.74) is 2.75. The van der Waals surface area contributed by atoms with Crippen LogP contribution in [-0.2, 0) is 18.3 Å². The molecule has 134 valence electrons. The molecule has 6 nitrogen and oxygen atoms in total. The van der Waals surface area contributed by atoms with Gasteiger partial charge in [0.2, 0.25) is 0 Å². The Kier molecular flexibility index (Phi) is 4.72. The average Bonchev–Trinajstić information content (AvgIpc) is 2.93. The van der Waals surface area contributed by atoms with Crippen molar-refractivity contribution in [3.8, 4) is 0 Å². The van der Waals surface area contributed by atoms with Gasteiger partial charge in [-0.1, -0.05) is 0 Å². The number of nitrogens with zero attached hydrogens (tertiary/aromatic N) is 5. The zero-order chi connectivity index (χ0) is 17.1. The van der Waals surface area contributed by atoms with E-state index >= 15 is 0 Å². The highest BCUT2D eigenvalue weighted by atomic mass is 16.5. The molecule has 0 aliphatic carbocycles. The van der Waals surface area contributed by atoms with Gasteiger partial charge >= 0.3 is 0 Å². The van der Waals surface area contributed by atoms with Crippen LogP contribution >= 0.6 is 0 Å². The van der Waals surface area contributed by atoms with E-state index in [2.05, 4.69) is 37.4 Å². The number of pyridine rings is 1. The van der Waals surface area contributed by atoms with Crippen molar-refractivity contribution in [3.05, 3.63) is 42.7 Å². The SMILES string of the molecule is Cn1cncc1CN1CCC2(CC1)COCCN(c1cccnc1)C2. The Labute approximate surface area is 149 Å². The van der Waals surface area contributed by atoms with Crippen molar-refractivity contribution < 1.29 is 4.74 Å². The Morgan fingerprint density at radius 2 is 2.04 bits per heavy atom. The van der Waals surface area contributed by atoms with Gasteiger partial charge in [-0.2, -0.15) is 0 Å². The van der Waals surface area contributed by atoms with Crippen LogP contribution in [0.4, 0.5) is 5.69 Å². The summed E-state index contributed by atoms with van der Waals surface area (Å²) in [6.45, 7) is 6.92. The predicted molar refractivity (Wildman–Crippen MR) is 97.4 cm³/mol. The van der Waals surface area contributed by atoms with Crippen molar-refractivity contribution in [2.24, 2.45) is 12.5 Å². The second-order valence-corrected chi connectivity index (χ2v) is 7.46. The Morgan fingerprint density at radius 1 is 1.16 bits per heavy atom. The fourth-order valence-corrected chi connectivity index (χ4v) is 4.01. The van der Waals surface area contributed by atoms with Gasteiger partial charge in [-0.05, 0) is 38.1 Å². The first-order valence-corrected chi connectivity index (χ1v) is 9.14. The molecule has 4 heterocycles. The minimum absolute atomic E-state index is 0.259. The third-order valence-electron chi connectivity index (χ3n) is 5.67. The van der Waals surface area contributed by atoms with Crippen molar-refractivity contribution >= 4 is 5.69 Å². The highest BCUT2D eigenvalue weighted by Gasteiger charge is 2.38. The van der Waals surface area contributed by atoms with Crippen molar-refractivity contribution in [1.82, 2.24) is 19.4 Å². The molecule has 0 bridgehead atoms. The van der Waals surface area contributed by atoms with Crippen LogP contribution in [0.15, 0.2) is 37.1 Å². The highest BCUT2D eigenvalue weighted by Crippen LogP contribution is 2.36. The summed E-state index contributed by atoms with van der Waals surface area (Å²) in [5.74, 6) is 0. The number of imidazole rings is 1. The second-order valence-electron chi connectivity index (χ2n) is 7.46. The summed E-state index contributed by atoms with van der Waals surface area (Å²) in [4.78, 5) is 13.5. The van der Waals surface area contributed by atoms with Gasteiger partial charge in [-0.25, -0.2) is 4.98 Å². The second kappa shape index (κ2) is 7.14. The molecule has 4 rings (SSSR count). The van der Waals surface area contributed by atoms with Gasteiger partial charge in [0, 0.05) is 44.5 Å². The lowest BCUT2D eigenvalue weighted by molar-refractivity contribution is 0.0197. The van der Waals surface area contributed by atoms with Gasteiger partial charge in [0.05, 0.1) is 37.1 Å². The van der Waals surface area contributed by atoms with Crippen molar-refractivity contribution in [3.63, 3.8) is 0 Å². The quantitative estimate of drug-likeness (QED) is 0.854. The maximum atomic E-state index is 6.01. The Balaban J connectivity index is 1.41. The summed E-state index contributed by atoms with van der Waals surface area (Å²) in [5, 5.41) is 0. The zero-order valence-electron chi connectivity index (χ0n) is 15.0. The lowest BCUT2D eigenvalue weighted by Gasteiger charge is -2.43. The van der Waals surface area contributed by atoms with Crippen LogP contribution in [-0.4, -0.2) is 58.8 Å². The summed E-state index contributed by atoms with van der Waals surface area (Å²) >= 11 is 0. The van der Waals surface area contributed by atoms with E-state index in [4.69, 9.17) is 4.74 Å². The van der Waals surface area contributed by atoms with Crippen LogP contribution < -0.4 is 4.90 Å². The molecule has 0 aromatic carbocycles. The molecule has 2 aliphatic rings. The standard InChI is InChI=1S/C19H27N5O/c1-22-16-21-12-18(22)13-23-7-4-19(5-8-23)14-24(9-10-25-15-19)17-3-2-6-20-11-17/h2-3,6,11-12,16H,4-5,7-10,13-15H2,1H3. The lowest BCUT2D eigenvalue weighted by atomic mass is 9.78. The van der Waals surface area contributed by atoms with E-state index in [1.54, 1.807) is 0 Å². The highest BCUT2D eigenvalue weighted by molar-refractivity contribution is 5.44. The van der Waals surface area contributed by atoms with E-state index in [9.17, 15) is 0 Å². The van der Waals surface area contributed by atoms with E-state index in [1.165, 1.54) is 24.2 Å². The summed E-state index contributed by atoms with van der Waals surface area (Å²) < 4.78 is 8.12. The first-order valence-electron chi connectivity index (χ1n) is 9.14. The molecule has 2 aromatic heterocycles. The van der Waals surface area contributed by atoms with Crippen LogP contribution in [0.5, 0.6) is 0 Å². The molecule has 0 N–H and O–H groups in total. The molecule has 2 fully saturated rings. The summed E-state index contributed by atoms with van der Waals surface area (Å²) in [7, 11) is 2.07. The summed E-state index contributed by atoms with van der Waals surface area (Å²) in [6.07, 6.45) is 10.0. The number of rotatable bonds is 3. The Bertz CT molecular complexity index is 678. The predicted octanol–water partition coefficient (Wildman–Crippen LogP) is 1.93. The van der Waals surface area contributed by atoms with E-state index < -0.39 is 0 Å². The number of piperidine rings is 1. The van der Waals surface area contributed by atoms with E-state index in [0.29, 0.717) is 0 Å². The molecule has 2 saturated heterocycles. The van der Waals surface area contributed by atoms with E-state index in [1.807, 2.05) is 31.0 Å². The molecule has 2 aromatic rings. The first kappa shape index (κ1) is 16.5. The normalized spacial score (nSPS) is 21.4. The number of aromatic nitrogens is 3. The van der Waals surface area contributed by atoms with E-state index in [-0.39, 0.29) is 5.41 Å². The fraction of sp³-hybridized carbons (Fsp3) is 0.579. The molecule has 0 amide bonds. The topological polar surface area (TPSA) is 46.4 Å². The molecule has 2 aliphatic heterocycles. The molecule has 6 heteroatoms. The minimum Gasteiger partial charge on any atom is -0.379 e. The number of hydrogen-bond donors (Lipinski definition) is 0. The van der Waals surface area contributed by atoms with Gasteiger partial charge in [0.15, 0.2) is 0 Å². The molecule has 0 radical (unpaired) electrons. The third kappa shape index (κ3) is 3.70. The number of aryl methyl sites for hydroxylation is 1. The number of likely N-dealkylation sites (tertiary alicyclic amines) is 1. The van der Waals surface area contributed by atoms with Gasteiger partial charge in [-0.15, -0.1) is 0 Å². The molecule has 25 heavy (non-hydrogen) atoms. The minimum atomic E-state index is 0.259. The molecule has 1 spiro atoms. The largest absolute Gasteiger partial charge is 0.379 e. The van der Waals surface area contributed by atoms with Gasteiger partial charge in [0.25, 0.3) is 0 Å². The Hall–Kier alpha value is -1.92. The van der Waals surface area contributed by atoms with Crippen LogP contribution in [0.3, 0.4) is 0 Å². The molecule has 0 saturated carbocycles. The number of ether oxygens (including phenoxy) is 1. The van der Waals surface area contributed by atoms with Crippen LogP contribution in [0.2, 0.25) is 0 Å². The third-order valence-corrected chi connectivity index (χ3v) is 5.67. The van der Waals surface area contributed by atoms with Gasteiger partial charge in [-0.3, -0.25) is 9.88 Å². The van der Waals surface area contributed by atoms with Crippen LogP contribution in [0.25, 0.3) is 0 Å². The molecular weight excluding hydrogens is 314 g/mol. The van der Waals surface area contributed by atoms with Crippen molar-refractivity contribution in [2.45, 2.75) is 19.4 Å². The van der Waals surface area contributed by atoms with Crippen LogP contribution in [0.1, 0.15) is 18.5 Å². The molecular formula is C19H27N5O. The Morgan fingerprint density at radius 3 is 2.76 bits per heavy atom. The van der Waals surface area contributed by atoms with Gasteiger partial charge in [0.1, 0.15) is 0 Å². The maximum absolute atomic E-state index is 6.01. The fourth-order valence-electron chi connectivity index (χ4n) is 4.01.